The van der Waals surface area contributed by atoms with Crippen LogP contribution in [0.3, 0.4) is 0 Å². The first-order chi connectivity index (χ1) is 9.49. The van der Waals surface area contributed by atoms with Gasteiger partial charge in [0.25, 0.3) is 0 Å². The number of amides is 1. The van der Waals surface area contributed by atoms with E-state index in [0.29, 0.717) is 26.2 Å². The van der Waals surface area contributed by atoms with Gasteiger partial charge in [-0.1, -0.05) is 0 Å². The van der Waals surface area contributed by atoms with Crippen molar-refractivity contribution >= 4 is 16.3 Å². The Kier molecular flexibility index (Phi) is 7.20. The summed E-state index contributed by atoms with van der Waals surface area (Å²) in [6.45, 7) is 3.89. The topological polar surface area (TPSA) is 105 Å². The van der Waals surface area contributed by atoms with Crippen LogP contribution < -0.4 is 10.5 Å². The molecule has 1 aliphatic heterocycles. The van der Waals surface area contributed by atoms with Gasteiger partial charge < -0.3 is 15.4 Å². The summed E-state index contributed by atoms with van der Waals surface area (Å²) in [6.07, 6.45) is 1.77. The summed E-state index contributed by atoms with van der Waals surface area (Å²) in [5.41, 5.74) is 5.46. The van der Waals surface area contributed by atoms with Gasteiger partial charge in [0.2, 0.25) is 0 Å². The van der Waals surface area contributed by atoms with Gasteiger partial charge >= 0.3 is 16.3 Å². The summed E-state index contributed by atoms with van der Waals surface area (Å²) >= 11 is 0. The maximum Gasteiger partial charge on any atom is 0.421 e. The number of nitrogens with one attached hydrogen (secondary N) is 1. The van der Waals surface area contributed by atoms with E-state index in [1.165, 1.54) is 4.31 Å². The van der Waals surface area contributed by atoms with Gasteiger partial charge in [-0.15, -0.1) is 0 Å². The third kappa shape index (κ3) is 5.61. The summed E-state index contributed by atoms with van der Waals surface area (Å²) < 4.78 is 31.4. The zero-order valence-electron chi connectivity index (χ0n) is 11.9. The second-order valence-electron chi connectivity index (χ2n) is 4.69. The van der Waals surface area contributed by atoms with Crippen LogP contribution in [0, 0.1) is 0 Å². The highest BCUT2D eigenvalue weighted by molar-refractivity contribution is 7.87. The van der Waals surface area contributed by atoms with Crippen LogP contribution in [-0.4, -0.2) is 70.1 Å². The molecular weight excluding hydrogens is 284 g/mol. The first-order valence-electron chi connectivity index (χ1n) is 6.78. The smallest absolute Gasteiger partial charge is 0.421 e. The molecule has 3 N–H and O–H groups in total. The molecule has 0 unspecified atom stereocenters. The first-order valence-corrected chi connectivity index (χ1v) is 8.22. The summed E-state index contributed by atoms with van der Waals surface area (Å²) in [4.78, 5) is 13.3. The number of nitrogens with two attached hydrogens (primary N) is 1. The molecule has 0 bridgehead atoms. The molecular formula is C11H24N4O4S. The van der Waals surface area contributed by atoms with Gasteiger partial charge in [0.05, 0.1) is 7.11 Å². The fourth-order valence-electron chi connectivity index (χ4n) is 2.10. The van der Waals surface area contributed by atoms with Crippen molar-refractivity contribution in [1.29, 1.82) is 0 Å². The van der Waals surface area contributed by atoms with E-state index in [4.69, 9.17) is 5.73 Å². The molecule has 8 nitrogen and oxygen atoms in total. The largest absolute Gasteiger partial charge is 0.452 e. The molecule has 0 spiro atoms. The number of nitrogens with zero attached hydrogens (tertiary/aromatic N) is 2. The predicted molar refractivity (Wildman–Crippen MR) is 75.4 cm³/mol. The lowest BCUT2D eigenvalue weighted by Crippen LogP contribution is -2.45. The summed E-state index contributed by atoms with van der Waals surface area (Å²) in [5.74, 6) is 0. The van der Waals surface area contributed by atoms with E-state index < -0.39 is 16.3 Å². The van der Waals surface area contributed by atoms with E-state index in [9.17, 15) is 13.2 Å². The second-order valence-corrected chi connectivity index (χ2v) is 6.36. The van der Waals surface area contributed by atoms with Crippen LogP contribution in [-0.2, 0) is 14.9 Å². The van der Waals surface area contributed by atoms with Crippen molar-refractivity contribution in [2.75, 3.05) is 46.4 Å². The second kappa shape index (κ2) is 8.40. The van der Waals surface area contributed by atoms with E-state index >= 15 is 0 Å². The van der Waals surface area contributed by atoms with E-state index in [0.717, 1.165) is 39.5 Å². The molecule has 1 rings (SSSR count). The van der Waals surface area contributed by atoms with E-state index in [1.807, 2.05) is 4.72 Å². The fraction of sp³-hybridized carbons (Fsp3) is 0.909. The van der Waals surface area contributed by atoms with Crippen LogP contribution >= 0.6 is 0 Å². The first kappa shape index (κ1) is 17.2. The van der Waals surface area contributed by atoms with Crippen LogP contribution in [0.5, 0.6) is 0 Å². The minimum absolute atomic E-state index is 0.370. The maximum atomic E-state index is 12.0. The SMILES string of the molecule is COC(=O)NS(=O)(=O)N1CCCN(CCCCN)CC1. The third-order valence-corrected chi connectivity index (χ3v) is 4.68. The molecule has 0 atom stereocenters. The van der Waals surface area contributed by atoms with Gasteiger partial charge in [0.15, 0.2) is 0 Å². The molecule has 0 aromatic heterocycles. The van der Waals surface area contributed by atoms with Crippen molar-refractivity contribution in [1.82, 2.24) is 13.9 Å². The molecule has 1 fully saturated rings. The van der Waals surface area contributed by atoms with Gasteiger partial charge in [-0.05, 0) is 38.9 Å². The number of carbonyl (C=O) groups excluding carboxylic acids is 1. The lowest BCUT2D eigenvalue weighted by molar-refractivity contribution is 0.177. The van der Waals surface area contributed by atoms with Crippen LogP contribution in [0.25, 0.3) is 0 Å². The Morgan fingerprint density at radius 2 is 2.00 bits per heavy atom. The van der Waals surface area contributed by atoms with Crippen molar-refractivity contribution in [3.63, 3.8) is 0 Å². The van der Waals surface area contributed by atoms with Gasteiger partial charge in [0, 0.05) is 19.6 Å². The van der Waals surface area contributed by atoms with Gasteiger partial charge in [-0.25, -0.2) is 9.52 Å². The molecule has 0 aromatic carbocycles. The Morgan fingerprint density at radius 1 is 1.25 bits per heavy atom. The monoisotopic (exact) mass is 308 g/mol. The Bertz CT molecular complexity index is 401. The normalized spacial score (nSPS) is 18.5. The molecule has 0 saturated carbocycles. The van der Waals surface area contributed by atoms with Gasteiger partial charge in [-0.2, -0.15) is 12.7 Å². The number of hydrogen-bond donors (Lipinski definition) is 2. The quantitative estimate of drug-likeness (QED) is 0.631. The van der Waals surface area contributed by atoms with Crippen LogP contribution in [0.2, 0.25) is 0 Å². The summed E-state index contributed by atoms with van der Waals surface area (Å²) in [7, 11) is -2.67. The van der Waals surface area contributed by atoms with Crippen molar-refractivity contribution in [2.45, 2.75) is 19.3 Å². The number of rotatable bonds is 6. The average Bonchev–Trinajstić information content (AvgIpc) is 2.64. The van der Waals surface area contributed by atoms with Crippen molar-refractivity contribution in [3.05, 3.63) is 0 Å². The lowest BCUT2D eigenvalue weighted by Gasteiger charge is -2.21. The zero-order chi connectivity index (χ0) is 15.0. The Morgan fingerprint density at radius 3 is 2.65 bits per heavy atom. The molecule has 1 aliphatic rings. The van der Waals surface area contributed by atoms with Crippen LogP contribution in [0.15, 0.2) is 0 Å². The molecule has 9 heteroatoms. The maximum absolute atomic E-state index is 12.0. The Hall–Kier alpha value is -0.900. The van der Waals surface area contributed by atoms with Crippen molar-refractivity contribution in [2.24, 2.45) is 5.73 Å². The molecule has 118 valence electrons. The Labute approximate surface area is 120 Å². The minimum Gasteiger partial charge on any atom is -0.452 e. The average molecular weight is 308 g/mol. The number of ether oxygens (including phenoxy) is 1. The Balaban J connectivity index is 2.48. The summed E-state index contributed by atoms with van der Waals surface area (Å²) in [6, 6.07) is 0. The van der Waals surface area contributed by atoms with E-state index in [2.05, 4.69) is 9.64 Å². The molecule has 1 amide bonds. The molecule has 20 heavy (non-hydrogen) atoms. The van der Waals surface area contributed by atoms with Gasteiger partial charge in [0.1, 0.15) is 0 Å². The van der Waals surface area contributed by atoms with Crippen molar-refractivity contribution < 1.29 is 17.9 Å². The number of methoxy groups -OCH3 is 1. The molecule has 0 aromatic rings. The number of carbonyl (C=O) groups is 1. The fourth-order valence-corrected chi connectivity index (χ4v) is 3.22. The molecule has 0 radical (unpaired) electrons. The lowest BCUT2D eigenvalue weighted by atomic mass is 10.3. The van der Waals surface area contributed by atoms with E-state index in [-0.39, 0.29) is 0 Å². The van der Waals surface area contributed by atoms with Crippen molar-refractivity contribution in [3.8, 4) is 0 Å². The summed E-state index contributed by atoms with van der Waals surface area (Å²) in [5, 5.41) is 0. The minimum atomic E-state index is -3.80. The molecule has 1 saturated heterocycles. The number of unbranched alkanes of at least 4 members (excludes halogenated alkanes) is 1. The molecule has 0 aliphatic carbocycles. The molecule has 1 heterocycles. The highest BCUT2D eigenvalue weighted by Gasteiger charge is 2.26. The van der Waals surface area contributed by atoms with E-state index in [1.54, 1.807) is 0 Å². The van der Waals surface area contributed by atoms with Crippen LogP contribution in [0.4, 0.5) is 4.79 Å². The highest BCUT2D eigenvalue weighted by atomic mass is 32.2. The zero-order valence-corrected chi connectivity index (χ0v) is 12.7. The predicted octanol–water partition coefficient (Wildman–Crippen LogP) is -0.666. The highest BCUT2D eigenvalue weighted by Crippen LogP contribution is 2.08. The van der Waals surface area contributed by atoms with Crippen LogP contribution in [0.1, 0.15) is 19.3 Å². The standard InChI is InChI=1S/C11H24N4O4S/c1-19-11(16)13-20(17,18)15-8-4-7-14(9-10-15)6-3-2-5-12/h2-10,12H2,1H3,(H,13,16). The third-order valence-electron chi connectivity index (χ3n) is 3.21. The number of hydrogen-bond acceptors (Lipinski definition) is 6. The van der Waals surface area contributed by atoms with Gasteiger partial charge in [-0.3, -0.25) is 0 Å².